The van der Waals surface area contributed by atoms with Crippen molar-refractivity contribution in [1.29, 1.82) is 0 Å². The summed E-state index contributed by atoms with van der Waals surface area (Å²) >= 11 is 0. The molecular weight excluding hydrogens is 202 g/mol. The Morgan fingerprint density at radius 1 is 1.31 bits per heavy atom. The number of nitrogens with zero attached hydrogens (tertiary/aromatic N) is 2. The molecule has 4 heteroatoms. The maximum atomic E-state index is 9.82. The molecule has 4 nitrogen and oxygen atoms in total. The Morgan fingerprint density at radius 2 is 2.00 bits per heavy atom. The minimum atomic E-state index is 0.0496. The topological polar surface area (TPSA) is 38.7 Å². The molecule has 0 aliphatic carbocycles. The predicted molar refractivity (Wildman–Crippen MR) is 65.6 cm³/mol. The number of hydrogen-bond donors (Lipinski definition) is 2. The summed E-state index contributed by atoms with van der Waals surface area (Å²) in [4.78, 5) is 4.91. The molecule has 16 heavy (non-hydrogen) atoms. The van der Waals surface area contributed by atoms with Crippen molar-refractivity contribution in [3.05, 3.63) is 0 Å². The maximum absolute atomic E-state index is 9.82. The zero-order valence-corrected chi connectivity index (χ0v) is 10.6. The van der Waals surface area contributed by atoms with E-state index in [0.29, 0.717) is 12.6 Å². The van der Waals surface area contributed by atoms with Crippen molar-refractivity contribution in [2.75, 3.05) is 46.4 Å². The molecule has 0 aromatic carbocycles. The van der Waals surface area contributed by atoms with Crippen molar-refractivity contribution in [3.63, 3.8) is 0 Å². The van der Waals surface area contributed by atoms with Gasteiger partial charge in [0.25, 0.3) is 0 Å². The molecular formula is C12H25N3O. The summed E-state index contributed by atoms with van der Waals surface area (Å²) in [5, 5.41) is 13.2. The van der Waals surface area contributed by atoms with Crippen LogP contribution in [0.4, 0.5) is 0 Å². The highest BCUT2D eigenvalue weighted by Gasteiger charge is 2.41. The van der Waals surface area contributed by atoms with E-state index in [4.69, 9.17) is 0 Å². The van der Waals surface area contributed by atoms with Crippen LogP contribution in [0.5, 0.6) is 0 Å². The van der Waals surface area contributed by atoms with Gasteiger partial charge in [0.05, 0.1) is 6.61 Å². The third-order valence-corrected chi connectivity index (χ3v) is 4.44. The minimum Gasteiger partial charge on any atom is -0.394 e. The first kappa shape index (κ1) is 12.3. The summed E-state index contributed by atoms with van der Waals surface area (Å²) in [7, 11) is 2.18. The number of piperidine rings is 1. The third kappa shape index (κ3) is 2.25. The number of piperazine rings is 1. The van der Waals surface area contributed by atoms with Crippen LogP contribution in [0.15, 0.2) is 0 Å². The summed E-state index contributed by atoms with van der Waals surface area (Å²) in [6.07, 6.45) is 2.20. The Morgan fingerprint density at radius 3 is 2.56 bits per heavy atom. The SMILES string of the molecule is CC1CC(CO)(N2CCNCC2)CCN1C. The zero-order chi connectivity index (χ0) is 11.6. The smallest absolute Gasteiger partial charge is 0.0616 e. The third-order valence-electron chi connectivity index (χ3n) is 4.44. The van der Waals surface area contributed by atoms with Crippen LogP contribution in [-0.4, -0.2) is 72.9 Å². The summed E-state index contributed by atoms with van der Waals surface area (Å²) in [5.74, 6) is 0. The first-order chi connectivity index (χ1) is 7.68. The number of hydrogen-bond acceptors (Lipinski definition) is 4. The number of rotatable bonds is 2. The monoisotopic (exact) mass is 227 g/mol. The fraction of sp³-hybridized carbons (Fsp3) is 1.00. The van der Waals surface area contributed by atoms with Crippen LogP contribution in [0.1, 0.15) is 19.8 Å². The molecule has 0 spiro atoms. The average Bonchev–Trinajstić information content (AvgIpc) is 2.34. The van der Waals surface area contributed by atoms with Gasteiger partial charge in [-0.15, -0.1) is 0 Å². The fourth-order valence-electron chi connectivity index (χ4n) is 3.08. The van der Waals surface area contributed by atoms with E-state index in [1.807, 2.05) is 0 Å². The van der Waals surface area contributed by atoms with Gasteiger partial charge in [-0.1, -0.05) is 0 Å². The van der Waals surface area contributed by atoms with Crippen molar-refractivity contribution in [3.8, 4) is 0 Å². The van der Waals surface area contributed by atoms with Gasteiger partial charge in [-0.25, -0.2) is 0 Å². The number of nitrogens with one attached hydrogen (secondary N) is 1. The molecule has 0 aromatic rings. The highest BCUT2D eigenvalue weighted by molar-refractivity contribution is 4.98. The molecule has 0 bridgehead atoms. The molecule has 2 fully saturated rings. The highest BCUT2D eigenvalue weighted by Crippen LogP contribution is 2.31. The molecule has 0 amide bonds. The van der Waals surface area contributed by atoms with Gasteiger partial charge in [0.1, 0.15) is 0 Å². The lowest BCUT2D eigenvalue weighted by atomic mass is 9.82. The van der Waals surface area contributed by atoms with Gasteiger partial charge >= 0.3 is 0 Å². The number of likely N-dealkylation sites (tertiary alicyclic amines) is 1. The lowest BCUT2D eigenvalue weighted by Crippen LogP contribution is -2.63. The van der Waals surface area contributed by atoms with Gasteiger partial charge in [0.2, 0.25) is 0 Å². The van der Waals surface area contributed by atoms with E-state index in [-0.39, 0.29) is 5.54 Å². The van der Waals surface area contributed by atoms with Crippen LogP contribution in [-0.2, 0) is 0 Å². The molecule has 0 aromatic heterocycles. The van der Waals surface area contributed by atoms with Gasteiger partial charge in [0, 0.05) is 37.8 Å². The molecule has 2 rings (SSSR count). The normalized spacial score (nSPS) is 38.8. The molecule has 94 valence electrons. The Kier molecular flexibility index (Phi) is 3.85. The Labute approximate surface area is 98.6 Å². The van der Waals surface area contributed by atoms with E-state index in [9.17, 15) is 5.11 Å². The minimum absolute atomic E-state index is 0.0496. The van der Waals surface area contributed by atoms with Crippen LogP contribution in [0.25, 0.3) is 0 Å². The predicted octanol–water partition coefficient (Wildman–Crippen LogP) is -0.263. The second-order valence-electron chi connectivity index (χ2n) is 5.40. The summed E-state index contributed by atoms with van der Waals surface area (Å²) in [5.41, 5.74) is 0.0496. The molecule has 0 radical (unpaired) electrons. The molecule has 2 N–H and O–H groups in total. The molecule has 2 saturated heterocycles. The zero-order valence-electron chi connectivity index (χ0n) is 10.6. The van der Waals surface area contributed by atoms with Gasteiger partial charge in [0.15, 0.2) is 0 Å². The van der Waals surface area contributed by atoms with Gasteiger partial charge < -0.3 is 15.3 Å². The van der Waals surface area contributed by atoms with E-state index >= 15 is 0 Å². The summed E-state index contributed by atoms with van der Waals surface area (Å²) < 4.78 is 0. The van der Waals surface area contributed by atoms with Gasteiger partial charge in [-0.05, 0) is 33.4 Å². The van der Waals surface area contributed by atoms with Crippen LogP contribution in [0.3, 0.4) is 0 Å². The molecule has 2 aliphatic heterocycles. The van der Waals surface area contributed by atoms with Crippen LogP contribution in [0.2, 0.25) is 0 Å². The second kappa shape index (κ2) is 5.00. The molecule has 2 aliphatic rings. The van der Waals surface area contributed by atoms with Crippen molar-refractivity contribution >= 4 is 0 Å². The van der Waals surface area contributed by atoms with E-state index in [1.54, 1.807) is 0 Å². The van der Waals surface area contributed by atoms with Crippen LogP contribution < -0.4 is 5.32 Å². The van der Waals surface area contributed by atoms with Crippen molar-refractivity contribution in [2.24, 2.45) is 0 Å². The fourth-order valence-corrected chi connectivity index (χ4v) is 3.08. The van der Waals surface area contributed by atoms with E-state index < -0.39 is 0 Å². The van der Waals surface area contributed by atoms with Crippen molar-refractivity contribution in [1.82, 2.24) is 15.1 Å². The van der Waals surface area contributed by atoms with Crippen molar-refractivity contribution < 1.29 is 5.11 Å². The summed E-state index contributed by atoms with van der Waals surface area (Å²) in [6, 6.07) is 0.579. The van der Waals surface area contributed by atoms with Crippen LogP contribution >= 0.6 is 0 Å². The largest absolute Gasteiger partial charge is 0.394 e. The van der Waals surface area contributed by atoms with Crippen molar-refractivity contribution in [2.45, 2.75) is 31.3 Å². The van der Waals surface area contributed by atoms with E-state index in [1.165, 1.54) is 0 Å². The molecule has 2 atom stereocenters. The Hall–Kier alpha value is -0.160. The van der Waals surface area contributed by atoms with Gasteiger partial charge in [-0.3, -0.25) is 4.90 Å². The molecule has 0 saturated carbocycles. The number of aliphatic hydroxyl groups is 1. The molecule has 2 heterocycles. The second-order valence-corrected chi connectivity index (χ2v) is 5.40. The number of aliphatic hydroxyl groups excluding tert-OH is 1. The van der Waals surface area contributed by atoms with Crippen LogP contribution in [0, 0.1) is 0 Å². The first-order valence-electron chi connectivity index (χ1n) is 6.45. The quantitative estimate of drug-likeness (QED) is 0.681. The standard InChI is InChI=1S/C12H25N3O/c1-11-9-12(10-16,3-6-14(11)2)15-7-4-13-5-8-15/h11,13,16H,3-10H2,1-2H3. The Bertz CT molecular complexity index is 230. The summed E-state index contributed by atoms with van der Waals surface area (Å²) in [6.45, 7) is 7.97. The van der Waals surface area contributed by atoms with E-state index in [0.717, 1.165) is 45.6 Å². The van der Waals surface area contributed by atoms with E-state index in [2.05, 4.69) is 29.1 Å². The lowest BCUT2D eigenvalue weighted by Gasteiger charge is -2.51. The average molecular weight is 227 g/mol. The highest BCUT2D eigenvalue weighted by atomic mass is 16.3. The first-order valence-corrected chi connectivity index (χ1v) is 6.45. The lowest BCUT2D eigenvalue weighted by molar-refractivity contribution is -0.0371. The Balaban J connectivity index is 2.06. The maximum Gasteiger partial charge on any atom is 0.0616 e. The molecule has 2 unspecified atom stereocenters. The van der Waals surface area contributed by atoms with Gasteiger partial charge in [-0.2, -0.15) is 0 Å².